The molecule has 0 atom stereocenters. The summed E-state index contributed by atoms with van der Waals surface area (Å²) in [6.07, 6.45) is 0. The third-order valence-electron chi connectivity index (χ3n) is 1.50. The van der Waals surface area contributed by atoms with E-state index in [9.17, 15) is 0 Å². The molecule has 0 aliphatic heterocycles. The van der Waals surface area contributed by atoms with Crippen LogP contribution in [0.1, 0.15) is 27.7 Å². The molecule has 0 aliphatic carbocycles. The van der Waals surface area contributed by atoms with E-state index in [4.69, 9.17) is 10.2 Å². The van der Waals surface area contributed by atoms with E-state index >= 15 is 0 Å². The minimum Gasteiger partial charge on any atom is -0.387 e. The monoisotopic (exact) mass is 200 g/mol. The number of hydrogen-bond acceptors (Lipinski definition) is 2. The van der Waals surface area contributed by atoms with Crippen LogP contribution >= 0.6 is 0 Å². The summed E-state index contributed by atoms with van der Waals surface area (Å²) in [5, 5.41) is 18.2. The topological polar surface area (TPSA) is 40.5 Å². The minimum atomic E-state index is -1.01. The fraction of sp³-hybridized carbons (Fsp3) is 1.00. The molecule has 76 valence electrons. The summed E-state index contributed by atoms with van der Waals surface area (Å²) in [4.78, 5) is 0. The van der Waals surface area contributed by atoms with Crippen LogP contribution in [-0.4, -0.2) is 47.8 Å². The van der Waals surface area contributed by atoms with Gasteiger partial charge in [-0.3, -0.25) is 0 Å². The Kier molecular flexibility index (Phi) is 15.8. The maximum atomic E-state index is 9.10. The second-order valence-corrected chi connectivity index (χ2v) is 5.24. The van der Waals surface area contributed by atoms with Gasteiger partial charge in [-0.1, -0.05) is 13.1 Å². The van der Waals surface area contributed by atoms with Crippen molar-refractivity contribution >= 4 is 26.3 Å². The second-order valence-electron chi connectivity index (χ2n) is 3.83. The summed E-state index contributed by atoms with van der Waals surface area (Å²) in [7, 11) is 0.417. The summed E-state index contributed by atoms with van der Waals surface area (Å²) in [5.74, 6) is 0. The van der Waals surface area contributed by atoms with Gasteiger partial charge >= 0.3 is 0 Å². The SMILES string of the molecule is CC(C)(O)C(C)(C)O.C[SiH2]C.[B].[B]. The van der Waals surface area contributed by atoms with E-state index in [1.807, 2.05) is 0 Å². The zero-order chi connectivity index (χ0) is 9.71. The van der Waals surface area contributed by atoms with Crippen LogP contribution in [0.4, 0.5) is 0 Å². The average Bonchev–Trinajstić information content (AvgIpc) is 1.60. The Bertz CT molecular complexity index is 85.3. The standard InChI is InChI=1S/C6H14O2.C2H8Si.2B/c1-5(2,7)6(3,4)8;1-3-2;;/h7-8H,1-4H3;3H2,1-2H3;;. The van der Waals surface area contributed by atoms with Gasteiger partial charge in [-0.2, -0.15) is 0 Å². The fourth-order valence-electron chi connectivity index (χ4n) is 0. The largest absolute Gasteiger partial charge is 0.387 e. The molecule has 0 saturated carbocycles. The van der Waals surface area contributed by atoms with Crippen molar-refractivity contribution in [1.82, 2.24) is 0 Å². The van der Waals surface area contributed by atoms with Gasteiger partial charge in [0.05, 0.1) is 11.2 Å². The van der Waals surface area contributed by atoms with Crippen LogP contribution in [0, 0.1) is 0 Å². The third kappa shape index (κ3) is 15.1. The Labute approximate surface area is 89.1 Å². The van der Waals surface area contributed by atoms with Gasteiger partial charge in [0.25, 0.3) is 0 Å². The molecule has 0 aliphatic rings. The summed E-state index contributed by atoms with van der Waals surface area (Å²) >= 11 is 0. The quantitative estimate of drug-likeness (QED) is 0.585. The lowest BCUT2D eigenvalue weighted by Crippen LogP contribution is -2.44. The molecular formula is C8H22B2O2Si. The van der Waals surface area contributed by atoms with Crippen LogP contribution in [0.5, 0.6) is 0 Å². The smallest absolute Gasteiger partial charge is 0.0872 e. The van der Waals surface area contributed by atoms with E-state index in [1.54, 1.807) is 27.7 Å². The van der Waals surface area contributed by atoms with Crippen molar-refractivity contribution in [3.05, 3.63) is 0 Å². The highest BCUT2D eigenvalue weighted by atomic mass is 28.2. The Balaban J connectivity index is -0.0000000720. The van der Waals surface area contributed by atoms with Crippen molar-refractivity contribution in [2.24, 2.45) is 0 Å². The molecule has 0 spiro atoms. The third-order valence-corrected chi connectivity index (χ3v) is 1.50. The number of hydrogen-bond donors (Lipinski definition) is 2. The zero-order valence-corrected chi connectivity index (χ0v) is 11.2. The maximum absolute atomic E-state index is 9.10. The summed E-state index contributed by atoms with van der Waals surface area (Å²) in [6, 6.07) is 0. The summed E-state index contributed by atoms with van der Waals surface area (Å²) in [5.41, 5.74) is -2.01. The predicted molar refractivity (Wildman–Crippen MR) is 64.4 cm³/mol. The van der Waals surface area contributed by atoms with Gasteiger partial charge in [0, 0.05) is 26.3 Å². The molecule has 6 radical (unpaired) electrons. The van der Waals surface area contributed by atoms with E-state index in [0.717, 1.165) is 0 Å². The van der Waals surface area contributed by atoms with Gasteiger partial charge < -0.3 is 10.2 Å². The van der Waals surface area contributed by atoms with E-state index in [-0.39, 0.29) is 16.8 Å². The molecule has 0 aromatic carbocycles. The van der Waals surface area contributed by atoms with Crippen LogP contribution < -0.4 is 0 Å². The Morgan fingerprint density at radius 3 is 0.846 bits per heavy atom. The summed E-state index contributed by atoms with van der Waals surface area (Å²) < 4.78 is 0. The Morgan fingerprint density at radius 2 is 0.846 bits per heavy atom. The molecule has 0 heterocycles. The normalized spacial score (nSPS) is 10.2. The van der Waals surface area contributed by atoms with Crippen LogP contribution in [0.15, 0.2) is 0 Å². The van der Waals surface area contributed by atoms with E-state index in [0.29, 0.717) is 9.52 Å². The predicted octanol–water partition coefficient (Wildman–Crippen LogP) is 0.0180. The van der Waals surface area contributed by atoms with Crippen LogP contribution in [0.25, 0.3) is 0 Å². The van der Waals surface area contributed by atoms with Crippen LogP contribution in [-0.2, 0) is 0 Å². The van der Waals surface area contributed by atoms with Crippen molar-refractivity contribution in [3.63, 3.8) is 0 Å². The lowest BCUT2D eigenvalue weighted by atomic mass is 9.90. The van der Waals surface area contributed by atoms with E-state index < -0.39 is 11.2 Å². The lowest BCUT2D eigenvalue weighted by Gasteiger charge is -2.31. The molecule has 0 rings (SSSR count). The van der Waals surface area contributed by atoms with E-state index in [1.165, 1.54) is 0 Å². The highest BCUT2D eigenvalue weighted by molar-refractivity contribution is 6.31. The van der Waals surface area contributed by atoms with Crippen molar-refractivity contribution in [2.45, 2.75) is 52.0 Å². The molecule has 0 saturated heterocycles. The summed E-state index contributed by atoms with van der Waals surface area (Å²) in [6.45, 7) is 10.8. The molecule has 13 heavy (non-hydrogen) atoms. The van der Waals surface area contributed by atoms with Gasteiger partial charge in [0.15, 0.2) is 0 Å². The first kappa shape index (κ1) is 23.2. The molecule has 0 bridgehead atoms. The molecule has 0 fully saturated rings. The lowest BCUT2D eigenvalue weighted by molar-refractivity contribution is -0.107. The van der Waals surface area contributed by atoms with Gasteiger partial charge in [0.1, 0.15) is 0 Å². The molecule has 0 aromatic heterocycles. The van der Waals surface area contributed by atoms with Crippen molar-refractivity contribution in [1.29, 1.82) is 0 Å². The van der Waals surface area contributed by atoms with Crippen molar-refractivity contribution in [2.75, 3.05) is 0 Å². The van der Waals surface area contributed by atoms with Gasteiger partial charge in [-0.15, -0.1) is 0 Å². The number of aliphatic hydroxyl groups is 2. The minimum absolute atomic E-state index is 0. The molecule has 0 aromatic rings. The molecule has 5 heteroatoms. The maximum Gasteiger partial charge on any atom is 0.0872 e. The van der Waals surface area contributed by atoms with Crippen LogP contribution in [0.3, 0.4) is 0 Å². The highest BCUT2D eigenvalue weighted by Crippen LogP contribution is 2.19. The first-order chi connectivity index (χ1) is 4.66. The molecule has 2 nitrogen and oxygen atoms in total. The Hall–Kier alpha value is 0.267. The van der Waals surface area contributed by atoms with Crippen molar-refractivity contribution < 1.29 is 10.2 Å². The number of rotatable bonds is 1. The average molecular weight is 200 g/mol. The van der Waals surface area contributed by atoms with Gasteiger partial charge in [-0.25, -0.2) is 0 Å². The van der Waals surface area contributed by atoms with Gasteiger partial charge in [-0.05, 0) is 27.7 Å². The van der Waals surface area contributed by atoms with Crippen LogP contribution in [0.2, 0.25) is 13.1 Å². The molecule has 0 unspecified atom stereocenters. The molecule has 0 amide bonds. The first-order valence-electron chi connectivity index (χ1n) is 4.11. The van der Waals surface area contributed by atoms with E-state index in [2.05, 4.69) is 13.1 Å². The molecule has 2 N–H and O–H groups in total. The van der Waals surface area contributed by atoms with Gasteiger partial charge in [0.2, 0.25) is 0 Å². The zero-order valence-electron chi connectivity index (χ0n) is 9.76. The second kappa shape index (κ2) is 8.85. The fourth-order valence-corrected chi connectivity index (χ4v) is 0. The molecular weight excluding hydrogens is 178 g/mol. The Morgan fingerprint density at radius 1 is 0.769 bits per heavy atom. The van der Waals surface area contributed by atoms with Crippen molar-refractivity contribution in [3.8, 4) is 0 Å². The highest BCUT2D eigenvalue weighted by Gasteiger charge is 2.31. The first-order valence-corrected chi connectivity index (χ1v) is 6.94.